The molecule has 0 saturated carbocycles. The number of hydrogen-bond donors (Lipinski definition) is 2. The Kier molecular flexibility index (Phi) is 5.03. The summed E-state index contributed by atoms with van der Waals surface area (Å²) < 4.78 is 18.9. The van der Waals surface area contributed by atoms with Crippen LogP contribution in [0.4, 0.5) is 4.39 Å². The van der Waals surface area contributed by atoms with Gasteiger partial charge in [-0.3, -0.25) is 0 Å². The van der Waals surface area contributed by atoms with Gasteiger partial charge in [0.1, 0.15) is 12.1 Å². The molecule has 0 bridgehead atoms. The van der Waals surface area contributed by atoms with Crippen LogP contribution in [0.2, 0.25) is 0 Å². The molecule has 124 valence electrons. The second kappa shape index (κ2) is 7.38. The van der Waals surface area contributed by atoms with Crippen molar-refractivity contribution in [1.29, 1.82) is 0 Å². The summed E-state index contributed by atoms with van der Waals surface area (Å²) in [6.45, 7) is 2.83. The van der Waals surface area contributed by atoms with Crippen LogP contribution in [0.15, 0.2) is 53.1 Å². The molecule has 0 fully saturated rings. The molecule has 0 aliphatic heterocycles. The summed E-state index contributed by atoms with van der Waals surface area (Å²) in [5.74, 6) is 0.205. The summed E-state index contributed by atoms with van der Waals surface area (Å²) in [6, 6.07) is 12.7. The normalized spacial score (nSPS) is 11.0. The van der Waals surface area contributed by atoms with Crippen LogP contribution in [0.3, 0.4) is 0 Å². The van der Waals surface area contributed by atoms with Crippen molar-refractivity contribution in [3.05, 3.63) is 76.9 Å². The van der Waals surface area contributed by atoms with Crippen molar-refractivity contribution in [1.82, 2.24) is 10.3 Å². The SMILES string of the molecule is Cc1ccc(-c2nc(CNCc3ccc(F)c(CO)c3)co2)cc1. The number of aryl methyl sites for hydroxylation is 1. The van der Waals surface area contributed by atoms with Crippen molar-refractivity contribution in [3.63, 3.8) is 0 Å². The third-order valence-electron chi connectivity index (χ3n) is 3.77. The second-order valence-corrected chi connectivity index (χ2v) is 5.70. The lowest BCUT2D eigenvalue weighted by molar-refractivity contribution is 0.275. The maximum atomic E-state index is 13.3. The van der Waals surface area contributed by atoms with Gasteiger partial charge in [-0.05, 0) is 36.8 Å². The first kappa shape index (κ1) is 16.4. The number of aromatic nitrogens is 1. The van der Waals surface area contributed by atoms with Gasteiger partial charge in [0, 0.05) is 24.2 Å². The molecular weight excluding hydrogens is 307 g/mol. The predicted molar refractivity (Wildman–Crippen MR) is 89.5 cm³/mol. The van der Waals surface area contributed by atoms with Gasteiger partial charge in [-0.2, -0.15) is 0 Å². The summed E-state index contributed by atoms with van der Waals surface area (Å²) >= 11 is 0. The van der Waals surface area contributed by atoms with Gasteiger partial charge in [0.2, 0.25) is 5.89 Å². The van der Waals surface area contributed by atoms with Crippen molar-refractivity contribution in [2.75, 3.05) is 0 Å². The molecule has 0 aliphatic rings. The van der Waals surface area contributed by atoms with Crippen LogP contribution in [0, 0.1) is 12.7 Å². The van der Waals surface area contributed by atoms with Crippen molar-refractivity contribution in [2.45, 2.75) is 26.6 Å². The lowest BCUT2D eigenvalue weighted by atomic mass is 10.1. The summed E-state index contributed by atoms with van der Waals surface area (Å²) in [6.07, 6.45) is 1.63. The molecule has 3 aromatic rings. The summed E-state index contributed by atoms with van der Waals surface area (Å²) in [5.41, 5.74) is 4.14. The van der Waals surface area contributed by atoms with E-state index in [1.54, 1.807) is 18.4 Å². The molecule has 5 heteroatoms. The van der Waals surface area contributed by atoms with Crippen molar-refractivity contribution in [2.24, 2.45) is 0 Å². The van der Waals surface area contributed by atoms with E-state index in [1.165, 1.54) is 11.6 Å². The smallest absolute Gasteiger partial charge is 0.226 e. The highest BCUT2D eigenvalue weighted by molar-refractivity contribution is 5.53. The molecule has 1 heterocycles. The molecular formula is C19H19FN2O2. The predicted octanol–water partition coefficient (Wildman–Crippen LogP) is 3.57. The number of aliphatic hydroxyl groups is 1. The molecule has 24 heavy (non-hydrogen) atoms. The van der Waals surface area contributed by atoms with Gasteiger partial charge >= 0.3 is 0 Å². The van der Waals surface area contributed by atoms with E-state index in [0.717, 1.165) is 16.8 Å². The molecule has 0 atom stereocenters. The Morgan fingerprint density at radius 2 is 1.92 bits per heavy atom. The van der Waals surface area contributed by atoms with E-state index >= 15 is 0 Å². The van der Waals surface area contributed by atoms with Gasteiger partial charge in [0.05, 0.1) is 12.3 Å². The number of rotatable bonds is 6. The maximum Gasteiger partial charge on any atom is 0.226 e. The number of halogens is 1. The van der Waals surface area contributed by atoms with Crippen LogP contribution in [-0.4, -0.2) is 10.1 Å². The number of benzene rings is 2. The third-order valence-corrected chi connectivity index (χ3v) is 3.77. The van der Waals surface area contributed by atoms with E-state index in [9.17, 15) is 4.39 Å². The Labute approximate surface area is 140 Å². The zero-order valence-electron chi connectivity index (χ0n) is 13.4. The zero-order valence-corrected chi connectivity index (χ0v) is 13.4. The van der Waals surface area contributed by atoms with Crippen LogP contribution in [0.5, 0.6) is 0 Å². The Morgan fingerprint density at radius 1 is 1.12 bits per heavy atom. The monoisotopic (exact) mass is 326 g/mol. The molecule has 1 aromatic heterocycles. The lowest BCUT2D eigenvalue weighted by Gasteiger charge is -2.05. The minimum Gasteiger partial charge on any atom is -0.444 e. The molecule has 0 saturated heterocycles. The van der Waals surface area contributed by atoms with Crippen LogP contribution >= 0.6 is 0 Å². The fourth-order valence-electron chi connectivity index (χ4n) is 2.41. The van der Waals surface area contributed by atoms with E-state index in [2.05, 4.69) is 10.3 Å². The molecule has 0 unspecified atom stereocenters. The van der Waals surface area contributed by atoms with Gasteiger partial charge in [-0.15, -0.1) is 0 Å². The minimum atomic E-state index is -0.388. The van der Waals surface area contributed by atoms with Crippen molar-refractivity contribution < 1.29 is 13.9 Å². The molecule has 0 amide bonds. The average molecular weight is 326 g/mol. The molecule has 2 aromatic carbocycles. The largest absolute Gasteiger partial charge is 0.444 e. The molecule has 3 rings (SSSR count). The Morgan fingerprint density at radius 3 is 2.67 bits per heavy atom. The van der Waals surface area contributed by atoms with Crippen molar-refractivity contribution in [3.8, 4) is 11.5 Å². The minimum absolute atomic E-state index is 0.303. The van der Waals surface area contributed by atoms with Gasteiger partial charge in [0.25, 0.3) is 0 Å². The molecule has 0 aliphatic carbocycles. The van der Waals surface area contributed by atoms with E-state index in [1.807, 2.05) is 31.2 Å². The Hall–Kier alpha value is -2.50. The number of nitrogens with zero attached hydrogens (tertiary/aromatic N) is 1. The maximum absolute atomic E-state index is 13.3. The fraction of sp³-hybridized carbons (Fsp3) is 0.211. The fourth-order valence-corrected chi connectivity index (χ4v) is 2.41. The first-order chi connectivity index (χ1) is 11.7. The standard InChI is InChI=1S/C19H19FN2O2/c1-13-2-5-15(6-3-13)19-22-17(12-24-19)10-21-9-14-4-7-18(20)16(8-14)11-23/h2-8,12,21,23H,9-11H2,1H3. The number of hydrogen-bond acceptors (Lipinski definition) is 4. The number of nitrogens with one attached hydrogen (secondary N) is 1. The zero-order chi connectivity index (χ0) is 16.9. The van der Waals surface area contributed by atoms with Gasteiger partial charge in [-0.1, -0.05) is 23.8 Å². The van der Waals surface area contributed by atoms with E-state index < -0.39 is 0 Å². The van der Waals surface area contributed by atoms with Crippen LogP contribution in [0.1, 0.15) is 22.4 Å². The number of oxazole rings is 1. The van der Waals surface area contributed by atoms with Gasteiger partial charge < -0.3 is 14.8 Å². The lowest BCUT2D eigenvalue weighted by Crippen LogP contribution is -2.13. The molecule has 0 spiro atoms. The van der Waals surface area contributed by atoms with E-state index in [0.29, 0.717) is 24.5 Å². The quantitative estimate of drug-likeness (QED) is 0.727. The van der Waals surface area contributed by atoms with Crippen LogP contribution < -0.4 is 5.32 Å². The second-order valence-electron chi connectivity index (χ2n) is 5.70. The summed E-state index contributed by atoms with van der Waals surface area (Å²) in [4.78, 5) is 4.46. The van der Waals surface area contributed by atoms with Crippen molar-refractivity contribution >= 4 is 0 Å². The van der Waals surface area contributed by atoms with Gasteiger partial charge in [0.15, 0.2) is 0 Å². The molecule has 2 N–H and O–H groups in total. The highest BCUT2D eigenvalue weighted by atomic mass is 19.1. The topological polar surface area (TPSA) is 58.3 Å². The van der Waals surface area contributed by atoms with Gasteiger partial charge in [-0.25, -0.2) is 9.37 Å². The van der Waals surface area contributed by atoms with Crippen LogP contribution in [0.25, 0.3) is 11.5 Å². The summed E-state index contributed by atoms with van der Waals surface area (Å²) in [7, 11) is 0. The Bertz CT molecular complexity index is 812. The van der Waals surface area contributed by atoms with E-state index in [4.69, 9.17) is 9.52 Å². The first-order valence-corrected chi connectivity index (χ1v) is 7.76. The van der Waals surface area contributed by atoms with Crippen LogP contribution in [-0.2, 0) is 19.7 Å². The van der Waals surface area contributed by atoms with E-state index in [-0.39, 0.29) is 12.4 Å². The first-order valence-electron chi connectivity index (χ1n) is 7.76. The highest BCUT2D eigenvalue weighted by Gasteiger charge is 2.07. The molecule has 4 nitrogen and oxygen atoms in total. The third kappa shape index (κ3) is 3.88. The molecule has 0 radical (unpaired) electrons. The Balaban J connectivity index is 1.59. The summed E-state index contributed by atoms with van der Waals surface area (Å²) in [5, 5.41) is 12.3. The average Bonchev–Trinajstić information content (AvgIpc) is 3.06. The number of aliphatic hydroxyl groups excluding tert-OH is 1. The highest BCUT2D eigenvalue weighted by Crippen LogP contribution is 2.19.